The van der Waals surface area contributed by atoms with Crippen molar-refractivity contribution < 1.29 is 13.6 Å². The second-order valence-electron chi connectivity index (χ2n) is 4.06. The average molecular weight is 361 g/mol. The molecule has 0 aliphatic rings. The minimum atomic E-state index is -0.617. The molecule has 6 heteroatoms. The number of carbonyl (C=O) groups excluding carboxylic acids is 1. The zero-order valence-electron chi connectivity index (χ0n) is 10.1. The van der Waals surface area contributed by atoms with Crippen molar-refractivity contribution in [2.24, 2.45) is 0 Å². The molecule has 0 aromatic heterocycles. The molecule has 0 atom stereocenters. The fraction of sp³-hybridized carbons (Fsp3) is 0.0714. The smallest absolute Gasteiger partial charge is 0.254 e. The molecule has 2 rings (SSSR count). The van der Waals surface area contributed by atoms with E-state index < -0.39 is 17.5 Å². The number of hydrogen-bond acceptors (Lipinski definition) is 1. The molecule has 0 spiro atoms. The van der Waals surface area contributed by atoms with E-state index in [2.05, 4.69) is 21.2 Å². The van der Waals surface area contributed by atoms with E-state index in [1.54, 1.807) is 6.07 Å². The van der Waals surface area contributed by atoms with Gasteiger partial charge in [0.25, 0.3) is 5.91 Å². The van der Waals surface area contributed by atoms with Gasteiger partial charge in [0, 0.05) is 11.0 Å². The average Bonchev–Trinajstić information content (AvgIpc) is 2.40. The van der Waals surface area contributed by atoms with Crippen molar-refractivity contribution >= 4 is 33.4 Å². The van der Waals surface area contributed by atoms with Crippen molar-refractivity contribution in [3.05, 3.63) is 68.7 Å². The molecule has 2 aromatic rings. The lowest BCUT2D eigenvalue weighted by Crippen LogP contribution is -2.23. The normalized spacial score (nSPS) is 10.4. The highest BCUT2D eigenvalue weighted by molar-refractivity contribution is 9.10. The van der Waals surface area contributed by atoms with Crippen molar-refractivity contribution in [2.45, 2.75) is 6.54 Å². The van der Waals surface area contributed by atoms with Gasteiger partial charge in [0.1, 0.15) is 11.6 Å². The van der Waals surface area contributed by atoms with Gasteiger partial charge in [-0.25, -0.2) is 8.78 Å². The van der Waals surface area contributed by atoms with E-state index in [4.69, 9.17) is 11.6 Å². The maximum Gasteiger partial charge on any atom is 0.254 e. The number of benzene rings is 2. The molecule has 2 aromatic carbocycles. The molecule has 1 N–H and O–H groups in total. The van der Waals surface area contributed by atoms with E-state index in [1.165, 1.54) is 30.3 Å². The van der Waals surface area contributed by atoms with Gasteiger partial charge >= 0.3 is 0 Å². The van der Waals surface area contributed by atoms with E-state index >= 15 is 0 Å². The van der Waals surface area contributed by atoms with Crippen molar-refractivity contribution in [1.29, 1.82) is 0 Å². The van der Waals surface area contributed by atoms with Crippen LogP contribution in [0.3, 0.4) is 0 Å². The molecule has 104 valence electrons. The highest BCUT2D eigenvalue weighted by atomic mass is 79.9. The highest BCUT2D eigenvalue weighted by Gasteiger charge is 2.11. The molecular weight excluding hydrogens is 352 g/mol. The summed E-state index contributed by atoms with van der Waals surface area (Å²) in [4.78, 5) is 11.8. The molecule has 20 heavy (non-hydrogen) atoms. The number of rotatable bonds is 3. The fourth-order valence-corrected chi connectivity index (χ4v) is 2.14. The summed E-state index contributed by atoms with van der Waals surface area (Å²) < 4.78 is 27.1. The lowest BCUT2D eigenvalue weighted by molar-refractivity contribution is 0.0947. The first-order valence-electron chi connectivity index (χ1n) is 5.64. The Labute approximate surface area is 127 Å². The molecule has 0 fully saturated rings. The predicted octanol–water partition coefficient (Wildman–Crippen LogP) is 4.31. The topological polar surface area (TPSA) is 29.1 Å². The van der Waals surface area contributed by atoms with Gasteiger partial charge in [-0.3, -0.25) is 4.79 Å². The number of halogens is 4. The molecule has 0 saturated carbocycles. The molecule has 0 aliphatic carbocycles. The zero-order chi connectivity index (χ0) is 14.7. The van der Waals surface area contributed by atoms with Gasteiger partial charge in [-0.15, -0.1) is 0 Å². The van der Waals surface area contributed by atoms with Crippen LogP contribution in [-0.2, 0) is 6.54 Å². The summed E-state index contributed by atoms with van der Waals surface area (Å²) in [7, 11) is 0. The largest absolute Gasteiger partial charge is 0.348 e. The Hall–Kier alpha value is -1.46. The summed E-state index contributed by atoms with van der Waals surface area (Å²) in [5.41, 5.74) is 0.573. The first kappa shape index (κ1) is 14.9. The van der Waals surface area contributed by atoms with Crippen LogP contribution in [0.25, 0.3) is 0 Å². The third-order valence-electron chi connectivity index (χ3n) is 2.61. The lowest BCUT2D eigenvalue weighted by Gasteiger charge is -2.07. The Bertz CT molecular complexity index is 664. The van der Waals surface area contributed by atoms with Crippen LogP contribution in [0, 0.1) is 11.6 Å². The maximum absolute atomic E-state index is 13.6. The minimum absolute atomic E-state index is 0.0217. The zero-order valence-corrected chi connectivity index (χ0v) is 12.4. The standard InChI is InChI=1S/C14H9BrClF2NO/c15-9-2-3-10(13(18)6-9)14(20)19-7-8-1-4-12(17)11(16)5-8/h1-6H,7H2,(H,19,20). The second kappa shape index (κ2) is 6.33. The lowest BCUT2D eigenvalue weighted by atomic mass is 10.2. The summed E-state index contributed by atoms with van der Waals surface area (Å²) in [6.07, 6.45) is 0. The predicted molar refractivity (Wildman–Crippen MR) is 76.7 cm³/mol. The monoisotopic (exact) mass is 359 g/mol. The number of nitrogens with one attached hydrogen (secondary N) is 1. The molecule has 1 amide bonds. The van der Waals surface area contributed by atoms with Gasteiger partial charge in [0.15, 0.2) is 0 Å². The van der Waals surface area contributed by atoms with E-state index in [0.717, 1.165) is 0 Å². The van der Waals surface area contributed by atoms with Crippen molar-refractivity contribution in [1.82, 2.24) is 5.32 Å². The Kier molecular flexibility index (Phi) is 4.73. The number of amides is 1. The first-order valence-corrected chi connectivity index (χ1v) is 6.81. The summed E-state index contributed by atoms with van der Waals surface area (Å²) >= 11 is 8.75. The number of carbonyl (C=O) groups is 1. The molecule has 2 nitrogen and oxygen atoms in total. The van der Waals surface area contributed by atoms with Gasteiger partial charge in [-0.1, -0.05) is 33.6 Å². The van der Waals surface area contributed by atoms with Crippen LogP contribution in [0.15, 0.2) is 40.9 Å². The van der Waals surface area contributed by atoms with Crippen LogP contribution in [-0.4, -0.2) is 5.91 Å². The fourth-order valence-electron chi connectivity index (χ4n) is 1.60. The van der Waals surface area contributed by atoms with Crippen LogP contribution in [0.1, 0.15) is 15.9 Å². The molecular formula is C14H9BrClF2NO. The molecule has 0 heterocycles. The summed E-state index contributed by atoms with van der Waals surface area (Å²) in [6.45, 7) is 0.133. The van der Waals surface area contributed by atoms with E-state index in [0.29, 0.717) is 10.0 Å². The minimum Gasteiger partial charge on any atom is -0.348 e. The van der Waals surface area contributed by atoms with Gasteiger partial charge in [-0.2, -0.15) is 0 Å². The molecule has 0 aliphatic heterocycles. The third-order valence-corrected chi connectivity index (χ3v) is 3.40. The van der Waals surface area contributed by atoms with Gasteiger partial charge in [0.2, 0.25) is 0 Å². The molecule has 0 bridgehead atoms. The van der Waals surface area contributed by atoms with Gasteiger partial charge in [0.05, 0.1) is 10.6 Å². The Balaban J connectivity index is 2.06. The van der Waals surface area contributed by atoms with Gasteiger partial charge in [-0.05, 0) is 35.9 Å². The second-order valence-corrected chi connectivity index (χ2v) is 5.38. The van der Waals surface area contributed by atoms with Crippen molar-refractivity contribution in [3.8, 4) is 0 Å². The van der Waals surface area contributed by atoms with Crippen LogP contribution in [0.2, 0.25) is 5.02 Å². The first-order chi connectivity index (χ1) is 9.47. The summed E-state index contributed by atoms with van der Waals surface area (Å²) in [5, 5.41) is 2.53. The maximum atomic E-state index is 13.6. The SMILES string of the molecule is O=C(NCc1ccc(F)c(Cl)c1)c1ccc(Br)cc1F. The Morgan fingerprint density at radius 2 is 1.90 bits per heavy atom. The van der Waals surface area contributed by atoms with Gasteiger partial charge < -0.3 is 5.32 Å². The van der Waals surface area contributed by atoms with E-state index in [9.17, 15) is 13.6 Å². The van der Waals surface area contributed by atoms with Crippen LogP contribution in [0.4, 0.5) is 8.78 Å². The van der Waals surface area contributed by atoms with Crippen LogP contribution < -0.4 is 5.32 Å². The van der Waals surface area contributed by atoms with Crippen molar-refractivity contribution in [3.63, 3.8) is 0 Å². The highest BCUT2D eigenvalue weighted by Crippen LogP contribution is 2.17. The molecule has 0 radical (unpaired) electrons. The van der Waals surface area contributed by atoms with E-state index in [1.807, 2.05) is 0 Å². The summed E-state index contributed by atoms with van der Waals surface area (Å²) in [5.74, 6) is -1.69. The third kappa shape index (κ3) is 3.55. The summed E-state index contributed by atoms with van der Waals surface area (Å²) in [6, 6.07) is 8.29. The van der Waals surface area contributed by atoms with Crippen LogP contribution >= 0.6 is 27.5 Å². The van der Waals surface area contributed by atoms with Crippen molar-refractivity contribution in [2.75, 3.05) is 0 Å². The molecule has 0 saturated heterocycles. The quantitative estimate of drug-likeness (QED) is 0.868. The molecule has 0 unspecified atom stereocenters. The van der Waals surface area contributed by atoms with E-state index in [-0.39, 0.29) is 17.1 Å². The Morgan fingerprint density at radius 1 is 1.15 bits per heavy atom. The number of hydrogen-bond donors (Lipinski definition) is 1. The van der Waals surface area contributed by atoms with Crippen LogP contribution in [0.5, 0.6) is 0 Å². The Morgan fingerprint density at radius 3 is 2.55 bits per heavy atom.